The molecule has 94 valence electrons. The average Bonchev–Trinajstić information content (AvgIpc) is 2.82. The standard InChI is InChI=1S/C13H12BrNO2S/c1-13(2)5-7-11(8(16)6-13)18-12(15-7)9-3-4-10(14)17-9/h3-4H,5-6H2,1-2H3. The SMILES string of the molecule is CC1(C)CC(=O)c2sc(-c3ccc(Br)o3)nc2C1. The highest BCUT2D eigenvalue weighted by molar-refractivity contribution is 9.10. The molecular formula is C13H12BrNO2S. The zero-order valence-corrected chi connectivity index (χ0v) is 12.5. The second kappa shape index (κ2) is 4.03. The minimum atomic E-state index is 0.0131. The molecule has 0 aliphatic heterocycles. The molecule has 0 radical (unpaired) electrons. The summed E-state index contributed by atoms with van der Waals surface area (Å²) in [5.41, 5.74) is 0.933. The third kappa shape index (κ3) is 2.06. The molecule has 1 aliphatic rings. The van der Waals surface area contributed by atoms with Gasteiger partial charge in [-0.25, -0.2) is 4.98 Å². The Morgan fingerprint density at radius 1 is 1.39 bits per heavy atom. The fourth-order valence-electron chi connectivity index (χ4n) is 2.25. The topological polar surface area (TPSA) is 43.1 Å². The molecule has 2 heterocycles. The maximum absolute atomic E-state index is 12.1. The largest absolute Gasteiger partial charge is 0.447 e. The third-order valence-corrected chi connectivity index (χ3v) is 4.60. The number of halogens is 1. The Hall–Kier alpha value is -0.940. The number of carbonyl (C=O) groups excluding carboxylic acids is 1. The Kier molecular flexibility index (Phi) is 2.71. The van der Waals surface area contributed by atoms with Gasteiger partial charge >= 0.3 is 0 Å². The van der Waals surface area contributed by atoms with E-state index in [-0.39, 0.29) is 11.2 Å². The van der Waals surface area contributed by atoms with E-state index in [0.29, 0.717) is 16.9 Å². The lowest BCUT2D eigenvalue weighted by atomic mass is 9.78. The Labute approximate surface area is 117 Å². The lowest BCUT2D eigenvalue weighted by molar-refractivity contribution is 0.0916. The molecule has 3 rings (SSSR count). The number of hydrogen-bond donors (Lipinski definition) is 0. The van der Waals surface area contributed by atoms with Crippen LogP contribution >= 0.6 is 27.3 Å². The average molecular weight is 326 g/mol. The van der Waals surface area contributed by atoms with Gasteiger partial charge in [0.25, 0.3) is 0 Å². The molecular weight excluding hydrogens is 314 g/mol. The number of thiazole rings is 1. The van der Waals surface area contributed by atoms with E-state index in [1.165, 1.54) is 11.3 Å². The van der Waals surface area contributed by atoms with Gasteiger partial charge in [0.15, 0.2) is 21.2 Å². The highest BCUT2D eigenvalue weighted by atomic mass is 79.9. The van der Waals surface area contributed by atoms with Gasteiger partial charge < -0.3 is 4.42 Å². The van der Waals surface area contributed by atoms with Crippen LogP contribution in [0.5, 0.6) is 0 Å². The molecule has 5 heteroatoms. The molecule has 0 unspecified atom stereocenters. The monoisotopic (exact) mass is 325 g/mol. The van der Waals surface area contributed by atoms with Crippen LogP contribution in [-0.4, -0.2) is 10.8 Å². The van der Waals surface area contributed by atoms with Crippen molar-refractivity contribution in [3.05, 3.63) is 27.4 Å². The normalized spacial score (nSPS) is 17.8. The van der Waals surface area contributed by atoms with E-state index in [1.54, 1.807) is 0 Å². The molecule has 18 heavy (non-hydrogen) atoms. The zero-order chi connectivity index (χ0) is 12.9. The lowest BCUT2D eigenvalue weighted by Gasteiger charge is -2.26. The number of Topliss-reactive ketones (excluding diaryl/α,β-unsaturated/α-hetero) is 1. The molecule has 0 bridgehead atoms. The molecule has 0 fully saturated rings. The van der Waals surface area contributed by atoms with Crippen molar-refractivity contribution in [2.45, 2.75) is 26.7 Å². The first-order chi connectivity index (χ1) is 8.44. The van der Waals surface area contributed by atoms with Crippen LogP contribution in [0.1, 0.15) is 35.6 Å². The molecule has 0 saturated carbocycles. The van der Waals surface area contributed by atoms with Gasteiger partial charge in [-0.3, -0.25) is 4.79 Å². The molecule has 0 spiro atoms. The third-order valence-electron chi connectivity index (χ3n) is 3.02. The van der Waals surface area contributed by atoms with Crippen molar-refractivity contribution in [1.82, 2.24) is 4.98 Å². The van der Waals surface area contributed by atoms with Crippen LogP contribution in [0.25, 0.3) is 10.8 Å². The Balaban J connectivity index is 2.05. The number of rotatable bonds is 1. The summed E-state index contributed by atoms with van der Waals surface area (Å²) >= 11 is 4.71. The van der Waals surface area contributed by atoms with Gasteiger partial charge in [-0.1, -0.05) is 13.8 Å². The number of carbonyl (C=O) groups is 1. The van der Waals surface area contributed by atoms with Crippen molar-refractivity contribution in [2.24, 2.45) is 5.41 Å². The molecule has 0 aromatic carbocycles. The number of nitrogens with zero attached hydrogens (tertiary/aromatic N) is 1. The fraction of sp³-hybridized carbons (Fsp3) is 0.385. The number of aromatic nitrogens is 1. The van der Waals surface area contributed by atoms with Crippen molar-refractivity contribution in [2.75, 3.05) is 0 Å². The van der Waals surface area contributed by atoms with Gasteiger partial charge in [-0.15, -0.1) is 11.3 Å². The summed E-state index contributed by atoms with van der Waals surface area (Å²) in [6.07, 6.45) is 1.45. The number of fused-ring (bicyclic) bond motifs is 1. The summed E-state index contributed by atoms with van der Waals surface area (Å²) in [5, 5.41) is 0.789. The Bertz CT molecular complexity index is 627. The van der Waals surface area contributed by atoms with Crippen molar-refractivity contribution in [3.63, 3.8) is 0 Å². The molecule has 0 amide bonds. The molecule has 0 N–H and O–H groups in total. The summed E-state index contributed by atoms with van der Waals surface area (Å²) < 4.78 is 6.17. The highest BCUT2D eigenvalue weighted by Crippen LogP contribution is 2.39. The molecule has 2 aromatic heterocycles. The second-order valence-electron chi connectivity index (χ2n) is 5.34. The summed E-state index contributed by atoms with van der Waals surface area (Å²) in [4.78, 5) is 17.4. The quantitative estimate of drug-likeness (QED) is 0.784. The number of ketones is 1. The van der Waals surface area contributed by atoms with Gasteiger partial charge in [0.05, 0.1) is 10.6 Å². The van der Waals surface area contributed by atoms with Crippen LogP contribution in [0.2, 0.25) is 0 Å². The fourth-order valence-corrected chi connectivity index (χ4v) is 3.54. The van der Waals surface area contributed by atoms with E-state index in [9.17, 15) is 4.79 Å². The first-order valence-electron chi connectivity index (χ1n) is 5.73. The van der Waals surface area contributed by atoms with Gasteiger partial charge in [-0.2, -0.15) is 0 Å². The predicted octanol–water partition coefficient (Wildman–Crippen LogP) is 4.32. The van der Waals surface area contributed by atoms with E-state index in [2.05, 4.69) is 34.8 Å². The second-order valence-corrected chi connectivity index (χ2v) is 7.12. The van der Waals surface area contributed by atoms with E-state index in [4.69, 9.17) is 4.42 Å². The summed E-state index contributed by atoms with van der Waals surface area (Å²) in [6, 6.07) is 3.70. The highest BCUT2D eigenvalue weighted by Gasteiger charge is 2.34. The van der Waals surface area contributed by atoms with Crippen molar-refractivity contribution >= 4 is 33.0 Å². The smallest absolute Gasteiger partial charge is 0.175 e. The number of furan rings is 1. The van der Waals surface area contributed by atoms with Crippen molar-refractivity contribution < 1.29 is 9.21 Å². The van der Waals surface area contributed by atoms with Crippen molar-refractivity contribution in [1.29, 1.82) is 0 Å². The lowest BCUT2D eigenvalue weighted by Crippen LogP contribution is -2.25. The molecule has 2 aromatic rings. The van der Waals surface area contributed by atoms with E-state index in [1.807, 2.05) is 12.1 Å². The van der Waals surface area contributed by atoms with Gasteiger partial charge in [0.2, 0.25) is 0 Å². The zero-order valence-electron chi connectivity index (χ0n) is 10.1. The van der Waals surface area contributed by atoms with Crippen LogP contribution in [0.3, 0.4) is 0 Å². The number of hydrogen-bond acceptors (Lipinski definition) is 4. The van der Waals surface area contributed by atoms with Crippen LogP contribution in [0, 0.1) is 5.41 Å². The van der Waals surface area contributed by atoms with Gasteiger partial charge in [0, 0.05) is 6.42 Å². The first kappa shape index (κ1) is 12.1. The molecule has 0 saturated heterocycles. The van der Waals surface area contributed by atoms with E-state index < -0.39 is 0 Å². The van der Waals surface area contributed by atoms with Crippen molar-refractivity contribution in [3.8, 4) is 10.8 Å². The summed E-state index contributed by atoms with van der Waals surface area (Å²) in [5.74, 6) is 0.919. The van der Waals surface area contributed by atoms with E-state index in [0.717, 1.165) is 22.0 Å². The van der Waals surface area contributed by atoms with Crippen LogP contribution in [-0.2, 0) is 6.42 Å². The Morgan fingerprint density at radius 2 is 2.17 bits per heavy atom. The minimum Gasteiger partial charge on any atom is -0.447 e. The summed E-state index contributed by atoms with van der Waals surface area (Å²) in [6.45, 7) is 4.21. The van der Waals surface area contributed by atoms with Gasteiger partial charge in [-0.05, 0) is 39.9 Å². The Morgan fingerprint density at radius 3 is 2.83 bits per heavy atom. The molecule has 1 aliphatic carbocycles. The van der Waals surface area contributed by atoms with Gasteiger partial charge in [0.1, 0.15) is 0 Å². The van der Waals surface area contributed by atoms with Crippen LogP contribution in [0.15, 0.2) is 21.2 Å². The predicted molar refractivity (Wildman–Crippen MR) is 73.9 cm³/mol. The van der Waals surface area contributed by atoms with E-state index >= 15 is 0 Å². The van der Waals surface area contributed by atoms with Crippen LogP contribution < -0.4 is 0 Å². The maximum Gasteiger partial charge on any atom is 0.175 e. The first-order valence-corrected chi connectivity index (χ1v) is 7.34. The van der Waals surface area contributed by atoms with Crippen LogP contribution in [0.4, 0.5) is 0 Å². The maximum atomic E-state index is 12.1. The molecule has 0 atom stereocenters. The summed E-state index contributed by atoms with van der Waals surface area (Å²) in [7, 11) is 0. The molecule has 3 nitrogen and oxygen atoms in total. The minimum absolute atomic E-state index is 0.0131.